The SMILES string of the molecule is O=C1C2=C(CCCC2)[C@H]([NH2+]CCC[NH+]2CCOCC2)N1CCc1ccc(Cl)cc1. The highest BCUT2D eigenvalue weighted by Crippen LogP contribution is 2.34. The van der Waals surface area contributed by atoms with Gasteiger partial charge in [-0.1, -0.05) is 23.7 Å². The molecule has 4 rings (SSSR count). The van der Waals surface area contributed by atoms with Crippen LogP contribution in [0, 0.1) is 0 Å². The monoisotopic (exact) mass is 419 g/mol. The molecule has 0 bridgehead atoms. The summed E-state index contributed by atoms with van der Waals surface area (Å²) in [6.07, 6.45) is 6.72. The maximum atomic E-state index is 13.1. The maximum Gasteiger partial charge on any atom is 0.254 e. The van der Waals surface area contributed by atoms with Crippen LogP contribution in [0.3, 0.4) is 0 Å². The second kappa shape index (κ2) is 10.1. The molecule has 1 aromatic carbocycles. The maximum absolute atomic E-state index is 13.1. The van der Waals surface area contributed by atoms with Crippen molar-refractivity contribution in [3.8, 4) is 0 Å². The summed E-state index contributed by atoms with van der Waals surface area (Å²) >= 11 is 6.01. The second-order valence-electron chi connectivity index (χ2n) is 8.52. The zero-order chi connectivity index (χ0) is 20.1. The number of nitrogens with zero attached hydrogens (tertiary/aromatic N) is 1. The predicted molar refractivity (Wildman–Crippen MR) is 114 cm³/mol. The fourth-order valence-corrected chi connectivity index (χ4v) is 5.06. The average Bonchev–Trinajstić information content (AvgIpc) is 3.03. The molecule has 0 saturated carbocycles. The number of carbonyl (C=O) groups excluding carboxylic acids is 1. The van der Waals surface area contributed by atoms with Crippen LogP contribution in [0.15, 0.2) is 35.4 Å². The summed E-state index contributed by atoms with van der Waals surface area (Å²) in [5.41, 5.74) is 3.77. The van der Waals surface area contributed by atoms with Crippen LogP contribution in [-0.4, -0.2) is 62.9 Å². The first-order chi connectivity index (χ1) is 14.2. The number of carbonyl (C=O) groups is 1. The number of nitrogens with two attached hydrogens (primary N) is 1. The third-order valence-electron chi connectivity index (χ3n) is 6.60. The first-order valence-corrected chi connectivity index (χ1v) is 11.6. The van der Waals surface area contributed by atoms with Crippen LogP contribution in [0.4, 0.5) is 0 Å². The molecular weight excluding hydrogens is 386 g/mol. The van der Waals surface area contributed by atoms with Crippen molar-refractivity contribution in [1.82, 2.24) is 4.90 Å². The topological polar surface area (TPSA) is 50.6 Å². The molecule has 0 aromatic heterocycles. The van der Waals surface area contributed by atoms with Crippen molar-refractivity contribution in [2.45, 2.75) is 44.7 Å². The van der Waals surface area contributed by atoms with Crippen LogP contribution >= 0.6 is 11.6 Å². The Labute approximate surface area is 179 Å². The Bertz CT molecular complexity index is 728. The zero-order valence-corrected chi connectivity index (χ0v) is 18.1. The van der Waals surface area contributed by atoms with Crippen LogP contribution in [-0.2, 0) is 16.0 Å². The molecule has 2 aliphatic heterocycles. The van der Waals surface area contributed by atoms with Gasteiger partial charge in [-0.25, -0.2) is 0 Å². The van der Waals surface area contributed by atoms with Crippen LogP contribution in [0.2, 0.25) is 5.02 Å². The number of nitrogens with one attached hydrogen (secondary N) is 1. The third-order valence-corrected chi connectivity index (χ3v) is 6.85. The molecule has 1 atom stereocenters. The minimum Gasteiger partial charge on any atom is -0.370 e. The minimum atomic E-state index is 0.213. The van der Waals surface area contributed by atoms with Gasteiger partial charge in [-0.15, -0.1) is 0 Å². The molecule has 1 aromatic rings. The quantitative estimate of drug-likeness (QED) is 0.612. The van der Waals surface area contributed by atoms with Crippen molar-refractivity contribution in [2.24, 2.45) is 0 Å². The summed E-state index contributed by atoms with van der Waals surface area (Å²) in [5.74, 6) is 0.286. The second-order valence-corrected chi connectivity index (χ2v) is 8.96. The fourth-order valence-electron chi connectivity index (χ4n) is 4.94. The van der Waals surface area contributed by atoms with Crippen molar-refractivity contribution < 1.29 is 19.7 Å². The molecule has 1 saturated heterocycles. The fraction of sp³-hybridized carbons (Fsp3) is 0.609. The predicted octanol–water partition coefficient (Wildman–Crippen LogP) is 0.790. The van der Waals surface area contributed by atoms with Crippen LogP contribution < -0.4 is 10.2 Å². The van der Waals surface area contributed by atoms with Crippen molar-refractivity contribution in [3.05, 3.63) is 46.0 Å². The van der Waals surface area contributed by atoms with Crippen molar-refractivity contribution in [1.29, 1.82) is 0 Å². The number of rotatable bonds is 8. The molecular formula is C23H34ClN3O2+2. The van der Waals surface area contributed by atoms with E-state index in [-0.39, 0.29) is 12.1 Å². The molecule has 6 heteroatoms. The van der Waals surface area contributed by atoms with E-state index in [9.17, 15) is 4.79 Å². The lowest BCUT2D eigenvalue weighted by Crippen LogP contribution is -3.14. The molecule has 5 nitrogen and oxygen atoms in total. The van der Waals surface area contributed by atoms with E-state index in [0.717, 1.165) is 75.7 Å². The Balaban J connectivity index is 1.34. The number of amides is 1. The third kappa shape index (κ3) is 5.21. The lowest BCUT2D eigenvalue weighted by Gasteiger charge is -2.26. The molecule has 3 N–H and O–H groups in total. The summed E-state index contributed by atoms with van der Waals surface area (Å²) in [5, 5.41) is 3.18. The van der Waals surface area contributed by atoms with Gasteiger partial charge in [0.15, 0.2) is 6.17 Å². The van der Waals surface area contributed by atoms with E-state index >= 15 is 0 Å². The zero-order valence-electron chi connectivity index (χ0n) is 17.3. The van der Waals surface area contributed by atoms with Gasteiger partial charge < -0.3 is 15.0 Å². The van der Waals surface area contributed by atoms with E-state index < -0.39 is 0 Å². The van der Waals surface area contributed by atoms with Gasteiger partial charge in [-0.2, -0.15) is 0 Å². The van der Waals surface area contributed by atoms with Crippen molar-refractivity contribution >= 4 is 17.5 Å². The summed E-state index contributed by atoms with van der Waals surface area (Å²) in [6, 6.07) is 8.01. The molecule has 0 spiro atoms. The van der Waals surface area contributed by atoms with Gasteiger partial charge in [-0.3, -0.25) is 9.69 Å². The first kappa shape index (κ1) is 20.9. The summed E-state index contributed by atoms with van der Waals surface area (Å²) in [4.78, 5) is 16.9. The van der Waals surface area contributed by atoms with Crippen molar-refractivity contribution in [2.75, 3.05) is 45.9 Å². The van der Waals surface area contributed by atoms with Crippen LogP contribution in [0.25, 0.3) is 0 Å². The minimum absolute atomic E-state index is 0.213. The number of benzene rings is 1. The van der Waals surface area contributed by atoms with E-state index in [4.69, 9.17) is 16.3 Å². The smallest absolute Gasteiger partial charge is 0.254 e. The summed E-state index contributed by atoms with van der Waals surface area (Å²) in [7, 11) is 0. The van der Waals surface area contributed by atoms with Gasteiger partial charge in [0, 0.05) is 29.1 Å². The Morgan fingerprint density at radius 3 is 2.69 bits per heavy atom. The highest BCUT2D eigenvalue weighted by Gasteiger charge is 2.41. The Morgan fingerprint density at radius 1 is 1.14 bits per heavy atom. The largest absolute Gasteiger partial charge is 0.370 e. The van der Waals surface area contributed by atoms with Crippen LogP contribution in [0.1, 0.15) is 37.7 Å². The van der Waals surface area contributed by atoms with E-state index in [2.05, 4.69) is 22.3 Å². The molecule has 1 aliphatic carbocycles. The lowest BCUT2D eigenvalue weighted by atomic mass is 9.92. The summed E-state index contributed by atoms with van der Waals surface area (Å²) in [6.45, 7) is 7.11. The van der Waals surface area contributed by atoms with Crippen molar-refractivity contribution in [3.63, 3.8) is 0 Å². The Hall–Kier alpha value is -1.40. The molecule has 29 heavy (non-hydrogen) atoms. The number of quaternary nitrogens is 2. The van der Waals surface area contributed by atoms with E-state index in [1.807, 2.05) is 12.1 Å². The molecule has 1 amide bonds. The van der Waals surface area contributed by atoms with Gasteiger partial charge in [0.25, 0.3) is 5.91 Å². The summed E-state index contributed by atoms with van der Waals surface area (Å²) < 4.78 is 5.46. The molecule has 158 valence electrons. The van der Waals surface area contributed by atoms with E-state index in [0.29, 0.717) is 0 Å². The number of hydrogen-bond acceptors (Lipinski definition) is 2. The number of halogens is 1. The van der Waals surface area contributed by atoms with Gasteiger partial charge in [0.05, 0.1) is 26.3 Å². The number of morpholine rings is 1. The first-order valence-electron chi connectivity index (χ1n) is 11.2. The van der Waals surface area contributed by atoms with Gasteiger partial charge in [0.2, 0.25) is 0 Å². The Morgan fingerprint density at radius 2 is 1.90 bits per heavy atom. The normalized spacial score (nSPS) is 23.0. The molecule has 1 fully saturated rings. The van der Waals surface area contributed by atoms with E-state index in [1.54, 1.807) is 4.90 Å². The standard InChI is InChI=1S/C23H32ClN3O2/c24-19-8-6-18(7-9-19)10-13-27-22(20-4-1-2-5-21(20)23(27)28)25-11-3-12-26-14-16-29-17-15-26/h6-9,22,25H,1-5,10-17H2/p+2/t22-/m1/s1. The highest BCUT2D eigenvalue weighted by molar-refractivity contribution is 6.30. The van der Waals surface area contributed by atoms with Gasteiger partial charge in [0.1, 0.15) is 13.1 Å². The number of hydrogen-bond donors (Lipinski definition) is 2. The van der Waals surface area contributed by atoms with Gasteiger partial charge >= 0.3 is 0 Å². The van der Waals surface area contributed by atoms with E-state index in [1.165, 1.54) is 30.5 Å². The Kier molecular flexibility index (Phi) is 7.24. The molecule has 3 aliphatic rings. The number of ether oxygens (including phenoxy) is 1. The lowest BCUT2D eigenvalue weighted by molar-refractivity contribution is -0.909. The van der Waals surface area contributed by atoms with Crippen LogP contribution in [0.5, 0.6) is 0 Å². The van der Waals surface area contributed by atoms with Gasteiger partial charge in [-0.05, 0) is 49.8 Å². The molecule has 0 unspecified atom stereocenters. The highest BCUT2D eigenvalue weighted by atomic mass is 35.5. The molecule has 0 radical (unpaired) electrons. The molecule has 2 heterocycles. The average molecular weight is 420 g/mol.